The monoisotopic (exact) mass is 311 g/mol. The summed E-state index contributed by atoms with van der Waals surface area (Å²) in [4.78, 5) is 21.1. The highest BCUT2D eigenvalue weighted by Crippen LogP contribution is 2.21. The Morgan fingerprint density at radius 1 is 1.38 bits per heavy atom. The lowest BCUT2D eigenvalue weighted by Crippen LogP contribution is -2.26. The maximum absolute atomic E-state index is 13.0. The van der Waals surface area contributed by atoms with Gasteiger partial charge in [0.1, 0.15) is 5.82 Å². The SMILES string of the molecule is CN(Cc1ncc[nH]1)C(=O)CCSc1ccc(F)c(F)c1. The number of imidazole rings is 1. The van der Waals surface area contributed by atoms with E-state index < -0.39 is 11.6 Å². The van der Waals surface area contributed by atoms with E-state index in [1.54, 1.807) is 24.3 Å². The van der Waals surface area contributed by atoms with Crippen LogP contribution in [-0.2, 0) is 11.3 Å². The van der Waals surface area contributed by atoms with Gasteiger partial charge in [-0.15, -0.1) is 11.8 Å². The van der Waals surface area contributed by atoms with Crippen LogP contribution in [0.3, 0.4) is 0 Å². The molecule has 0 aliphatic rings. The summed E-state index contributed by atoms with van der Waals surface area (Å²) in [5, 5.41) is 0. The minimum absolute atomic E-state index is 0.0264. The number of hydrogen-bond donors (Lipinski definition) is 1. The van der Waals surface area contributed by atoms with Gasteiger partial charge in [0.05, 0.1) is 6.54 Å². The second-order valence-corrected chi connectivity index (χ2v) is 5.63. The number of amides is 1. The molecule has 21 heavy (non-hydrogen) atoms. The van der Waals surface area contributed by atoms with Crippen LogP contribution >= 0.6 is 11.8 Å². The highest BCUT2D eigenvalue weighted by Gasteiger charge is 2.11. The first-order valence-corrected chi connectivity index (χ1v) is 7.35. The van der Waals surface area contributed by atoms with Crippen LogP contribution in [0.25, 0.3) is 0 Å². The number of carbonyl (C=O) groups excluding carboxylic acids is 1. The lowest BCUT2D eigenvalue weighted by Gasteiger charge is -2.15. The molecule has 0 atom stereocenters. The molecule has 7 heteroatoms. The molecule has 0 radical (unpaired) electrons. The van der Waals surface area contributed by atoms with E-state index in [0.29, 0.717) is 23.6 Å². The van der Waals surface area contributed by atoms with Gasteiger partial charge in [0.25, 0.3) is 0 Å². The maximum Gasteiger partial charge on any atom is 0.223 e. The number of halogens is 2. The molecule has 1 heterocycles. The van der Waals surface area contributed by atoms with Gasteiger partial charge < -0.3 is 9.88 Å². The first kappa shape index (κ1) is 15.5. The first-order valence-electron chi connectivity index (χ1n) is 6.36. The van der Waals surface area contributed by atoms with Gasteiger partial charge in [0.15, 0.2) is 11.6 Å². The van der Waals surface area contributed by atoms with Crippen molar-refractivity contribution in [3.63, 3.8) is 0 Å². The number of nitrogens with zero attached hydrogens (tertiary/aromatic N) is 2. The standard InChI is InChI=1S/C14H15F2N3OS/c1-19(9-13-17-5-6-18-13)14(20)4-7-21-10-2-3-11(15)12(16)8-10/h2-3,5-6,8H,4,7,9H2,1H3,(H,17,18). The normalized spacial score (nSPS) is 10.6. The van der Waals surface area contributed by atoms with Gasteiger partial charge >= 0.3 is 0 Å². The van der Waals surface area contributed by atoms with Crippen LogP contribution in [0.4, 0.5) is 8.78 Å². The van der Waals surface area contributed by atoms with Crippen LogP contribution in [0.15, 0.2) is 35.5 Å². The Labute approximate surface area is 125 Å². The zero-order valence-electron chi connectivity index (χ0n) is 11.5. The van der Waals surface area contributed by atoms with Crippen molar-refractivity contribution < 1.29 is 13.6 Å². The second-order valence-electron chi connectivity index (χ2n) is 4.46. The van der Waals surface area contributed by atoms with Crippen molar-refractivity contribution in [3.05, 3.63) is 48.1 Å². The van der Waals surface area contributed by atoms with E-state index in [9.17, 15) is 13.6 Å². The molecule has 0 aliphatic heterocycles. The molecule has 0 saturated carbocycles. The van der Waals surface area contributed by atoms with Gasteiger partial charge in [-0.05, 0) is 18.2 Å². The smallest absolute Gasteiger partial charge is 0.223 e. The number of aromatic nitrogens is 2. The molecule has 112 valence electrons. The van der Waals surface area contributed by atoms with E-state index in [1.165, 1.54) is 17.8 Å². The Hall–Kier alpha value is -1.89. The van der Waals surface area contributed by atoms with Gasteiger partial charge in [-0.1, -0.05) is 0 Å². The van der Waals surface area contributed by atoms with Crippen molar-refractivity contribution >= 4 is 17.7 Å². The first-order chi connectivity index (χ1) is 10.1. The van der Waals surface area contributed by atoms with Crippen LogP contribution < -0.4 is 0 Å². The number of thioether (sulfide) groups is 1. The van der Waals surface area contributed by atoms with E-state index in [0.717, 1.165) is 18.0 Å². The van der Waals surface area contributed by atoms with Gasteiger partial charge in [-0.25, -0.2) is 13.8 Å². The predicted molar refractivity (Wildman–Crippen MR) is 76.8 cm³/mol. The number of carbonyl (C=O) groups is 1. The summed E-state index contributed by atoms with van der Waals surface area (Å²) in [6.07, 6.45) is 3.65. The third-order valence-electron chi connectivity index (χ3n) is 2.84. The molecule has 0 spiro atoms. The Kier molecular flexibility index (Phi) is 5.32. The molecule has 0 saturated heterocycles. The van der Waals surface area contributed by atoms with Crippen LogP contribution in [0.2, 0.25) is 0 Å². The van der Waals surface area contributed by atoms with Gasteiger partial charge in [-0.2, -0.15) is 0 Å². The topological polar surface area (TPSA) is 49.0 Å². The molecule has 1 aromatic heterocycles. The number of aromatic amines is 1. The third-order valence-corrected chi connectivity index (χ3v) is 3.84. The summed E-state index contributed by atoms with van der Waals surface area (Å²) in [7, 11) is 1.70. The van der Waals surface area contributed by atoms with Crippen molar-refractivity contribution in [2.75, 3.05) is 12.8 Å². The van der Waals surface area contributed by atoms with E-state index in [1.807, 2.05) is 0 Å². The van der Waals surface area contributed by atoms with E-state index in [4.69, 9.17) is 0 Å². The van der Waals surface area contributed by atoms with Crippen molar-refractivity contribution in [3.8, 4) is 0 Å². The van der Waals surface area contributed by atoms with E-state index in [-0.39, 0.29) is 5.91 Å². The van der Waals surface area contributed by atoms with Crippen molar-refractivity contribution in [2.45, 2.75) is 17.9 Å². The lowest BCUT2D eigenvalue weighted by molar-refractivity contribution is -0.130. The minimum Gasteiger partial charge on any atom is -0.347 e. The van der Waals surface area contributed by atoms with Gasteiger partial charge in [-0.3, -0.25) is 4.79 Å². The highest BCUT2D eigenvalue weighted by atomic mass is 32.2. The summed E-state index contributed by atoms with van der Waals surface area (Å²) in [6, 6.07) is 3.72. The molecule has 1 aromatic carbocycles. The van der Waals surface area contributed by atoms with E-state index >= 15 is 0 Å². The van der Waals surface area contributed by atoms with E-state index in [2.05, 4.69) is 9.97 Å². The Morgan fingerprint density at radius 2 is 2.19 bits per heavy atom. The predicted octanol–water partition coefficient (Wildman–Crippen LogP) is 2.83. The molecule has 1 amide bonds. The molecule has 0 unspecified atom stereocenters. The average molecular weight is 311 g/mol. The summed E-state index contributed by atoms with van der Waals surface area (Å²) in [5.74, 6) is -0.540. The maximum atomic E-state index is 13.0. The Balaban J connectivity index is 1.77. The fourth-order valence-corrected chi connectivity index (χ4v) is 2.57. The Bertz CT molecular complexity index is 604. The van der Waals surface area contributed by atoms with Crippen molar-refractivity contribution in [1.82, 2.24) is 14.9 Å². The molecular weight excluding hydrogens is 296 g/mol. The minimum atomic E-state index is -0.874. The number of nitrogens with one attached hydrogen (secondary N) is 1. The van der Waals surface area contributed by atoms with Crippen molar-refractivity contribution in [2.24, 2.45) is 0 Å². The highest BCUT2D eigenvalue weighted by molar-refractivity contribution is 7.99. The molecule has 1 N–H and O–H groups in total. The summed E-state index contributed by atoms with van der Waals surface area (Å²) in [5.41, 5.74) is 0. The largest absolute Gasteiger partial charge is 0.347 e. The molecular formula is C14H15F2N3OS. The molecule has 4 nitrogen and oxygen atoms in total. The van der Waals surface area contributed by atoms with Gasteiger partial charge in [0, 0.05) is 36.5 Å². The average Bonchev–Trinajstić information content (AvgIpc) is 2.95. The van der Waals surface area contributed by atoms with Crippen LogP contribution in [0, 0.1) is 11.6 Å². The molecule has 0 aliphatic carbocycles. The van der Waals surface area contributed by atoms with Crippen LogP contribution in [-0.4, -0.2) is 33.6 Å². The zero-order chi connectivity index (χ0) is 15.2. The second kappa shape index (κ2) is 7.21. The third kappa shape index (κ3) is 4.56. The van der Waals surface area contributed by atoms with Crippen molar-refractivity contribution in [1.29, 1.82) is 0 Å². The lowest BCUT2D eigenvalue weighted by atomic mass is 10.3. The molecule has 0 bridgehead atoms. The zero-order valence-corrected chi connectivity index (χ0v) is 12.3. The Morgan fingerprint density at radius 3 is 2.86 bits per heavy atom. The number of H-pyrrole nitrogens is 1. The van der Waals surface area contributed by atoms with Gasteiger partial charge in [0.2, 0.25) is 5.91 Å². The fraction of sp³-hybridized carbons (Fsp3) is 0.286. The number of benzene rings is 1. The fourth-order valence-electron chi connectivity index (χ4n) is 1.71. The molecule has 0 fully saturated rings. The quantitative estimate of drug-likeness (QED) is 0.835. The molecule has 2 aromatic rings. The summed E-state index contributed by atoms with van der Waals surface area (Å²) < 4.78 is 25.8. The number of hydrogen-bond acceptors (Lipinski definition) is 3. The number of rotatable bonds is 6. The van der Waals surface area contributed by atoms with Crippen LogP contribution in [0.1, 0.15) is 12.2 Å². The summed E-state index contributed by atoms with van der Waals surface area (Å²) in [6.45, 7) is 0.418. The summed E-state index contributed by atoms with van der Waals surface area (Å²) >= 11 is 1.32. The molecule has 2 rings (SSSR count). The van der Waals surface area contributed by atoms with Crippen LogP contribution in [0.5, 0.6) is 0 Å².